The van der Waals surface area contributed by atoms with Crippen molar-refractivity contribution in [1.29, 1.82) is 0 Å². The van der Waals surface area contributed by atoms with Crippen molar-refractivity contribution in [3.63, 3.8) is 0 Å². The monoisotopic (exact) mass is 358 g/mol. The third kappa shape index (κ3) is 4.81. The van der Waals surface area contributed by atoms with Crippen LogP contribution in [-0.4, -0.2) is 22.8 Å². The van der Waals surface area contributed by atoms with Gasteiger partial charge < -0.3 is 13.9 Å². The summed E-state index contributed by atoms with van der Waals surface area (Å²) in [6, 6.07) is 14.4. The van der Waals surface area contributed by atoms with Crippen molar-refractivity contribution in [3.05, 3.63) is 65.0 Å². The molecule has 0 aliphatic rings. The lowest BCUT2D eigenvalue weighted by atomic mass is 10.1. The minimum absolute atomic E-state index is 0.115. The first kappa shape index (κ1) is 17.0. The smallest absolute Gasteiger partial charge is 0.344 e. The molecule has 6 nitrogen and oxygen atoms in total. The topological polar surface area (TPSA) is 74.5 Å². The fraction of sp³-hybridized carbons (Fsp3) is 0.167. The van der Waals surface area contributed by atoms with E-state index in [1.165, 1.54) is 0 Å². The van der Waals surface area contributed by atoms with E-state index in [1.807, 2.05) is 31.2 Å². The van der Waals surface area contributed by atoms with Gasteiger partial charge in [0.15, 0.2) is 13.2 Å². The van der Waals surface area contributed by atoms with Crippen molar-refractivity contribution < 1.29 is 18.7 Å². The molecule has 3 rings (SSSR count). The van der Waals surface area contributed by atoms with Crippen molar-refractivity contribution >= 4 is 17.6 Å². The molecule has 0 radical (unpaired) electrons. The summed E-state index contributed by atoms with van der Waals surface area (Å²) in [6.07, 6.45) is 0. The maximum atomic E-state index is 11.7. The van der Waals surface area contributed by atoms with Crippen LogP contribution in [0.2, 0.25) is 5.02 Å². The number of carbonyl (C=O) groups is 1. The third-order valence-electron chi connectivity index (χ3n) is 3.24. The van der Waals surface area contributed by atoms with Crippen molar-refractivity contribution in [3.8, 4) is 17.2 Å². The van der Waals surface area contributed by atoms with Gasteiger partial charge in [-0.1, -0.05) is 35.4 Å². The molecule has 3 aromatic rings. The minimum atomic E-state index is -0.546. The standard InChI is InChI=1S/C18H15ClN2O4/c1-12-4-2-5-13(8-12)18-21-20-16(25-18)10-24-17(22)11-23-15-7-3-6-14(19)9-15/h2-9H,10-11H2,1H3. The molecular formula is C18H15ClN2O4. The summed E-state index contributed by atoms with van der Waals surface area (Å²) >= 11 is 5.84. The molecule has 0 amide bonds. The third-order valence-corrected chi connectivity index (χ3v) is 3.48. The van der Waals surface area contributed by atoms with Crippen LogP contribution in [0.25, 0.3) is 11.5 Å². The Hall–Kier alpha value is -2.86. The van der Waals surface area contributed by atoms with Crippen molar-refractivity contribution in [1.82, 2.24) is 10.2 Å². The number of nitrogens with zero attached hydrogens (tertiary/aromatic N) is 2. The summed E-state index contributed by atoms with van der Waals surface area (Å²) in [5.74, 6) is 0.539. The number of aryl methyl sites for hydroxylation is 1. The predicted molar refractivity (Wildman–Crippen MR) is 91.2 cm³/mol. The molecule has 2 aromatic carbocycles. The lowest BCUT2D eigenvalue weighted by molar-refractivity contribution is -0.148. The van der Waals surface area contributed by atoms with Crippen LogP contribution in [0.4, 0.5) is 0 Å². The lowest BCUT2D eigenvalue weighted by Crippen LogP contribution is -2.14. The Morgan fingerprint density at radius 1 is 1.16 bits per heavy atom. The van der Waals surface area contributed by atoms with E-state index in [0.717, 1.165) is 11.1 Å². The van der Waals surface area contributed by atoms with Gasteiger partial charge in [-0.25, -0.2) is 4.79 Å². The lowest BCUT2D eigenvalue weighted by Gasteiger charge is -2.05. The van der Waals surface area contributed by atoms with Crippen molar-refractivity contribution in [2.75, 3.05) is 6.61 Å². The molecule has 0 spiro atoms. The van der Waals surface area contributed by atoms with Crippen LogP contribution in [0, 0.1) is 6.92 Å². The molecule has 0 bridgehead atoms. The van der Waals surface area contributed by atoms with Crippen LogP contribution in [0.3, 0.4) is 0 Å². The van der Waals surface area contributed by atoms with E-state index in [2.05, 4.69) is 10.2 Å². The molecule has 0 N–H and O–H groups in total. The number of halogens is 1. The first-order valence-electron chi connectivity index (χ1n) is 7.53. The van der Waals surface area contributed by atoms with Gasteiger partial charge in [0.1, 0.15) is 5.75 Å². The van der Waals surface area contributed by atoms with Crippen LogP contribution in [-0.2, 0) is 16.1 Å². The fourth-order valence-corrected chi connectivity index (χ4v) is 2.27. The second-order valence-corrected chi connectivity index (χ2v) is 5.71. The first-order valence-corrected chi connectivity index (χ1v) is 7.91. The molecule has 0 aliphatic heterocycles. The molecule has 0 unspecified atom stereocenters. The Morgan fingerprint density at radius 2 is 2.00 bits per heavy atom. The number of hydrogen-bond acceptors (Lipinski definition) is 6. The van der Waals surface area contributed by atoms with E-state index in [1.54, 1.807) is 24.3 Å². The fourth-order valence-electron chi connectivity index (χ4n) is 2.09. The minimum Gasteiger partial charge on any atom is -0.482 e. The normalized spacial score (nSPS) is 10.5. The van der Waals surface area contributed by atoms with Gasteiger partial charge in [0.05, 0.1) is 0 Å². The second-order valence-electron chi connectivity index (χ2n) is 5.28. The quantitative estimate of drug-likeness (QED) is 0.623. The maximum absolute atomic E-state index is 11.7. The van der Waals surface area contributed by atoms with E-state index in [0.29, 0.717) is 16.7 Å². The summed E-state index contributed by atoms with van der Waals surface area (Å²) in [5.41, 5.74) is 1.90. The highest BCUT2D eigenvalue weighted by Gasteiger charge is 2.11. The van der Waals surface area contributed by atoms with Crippen molar-refractivity contribution in [2.45, 2.75) is 13.5 Å². The van der Waals surface area contributed by atoms with Gasteiger partial charge in [-0.3, -0.25) is 0 Å². The average molecular weight is 359 g/mol. The highest BCUT2D eigenvalue weighted by molar-refractivity contribution is 6.30. The molecule has 7 heteroatoms. The van der Waals surface area contributed by atoms with Crippen LogP contribution in [0.5, 0.6) is 5.75 Å². The zero-order valence-corrected chi connectivity index (χ0v) is 14.2. The molecule has 1 heterocycles. The number of ether oxygens (including phenoxy) is 2. The Labute approximate surface area is 149 Å². The largest absolute Gasteiger partial charge is 0.482 e. The molecular weight excluding hydrogens is 344 g/mol. The highest BCUT2D eigenvalue weighted by atomic mass is 35.5. The number of esters is 1. The Bertz CT molecular complexity index is 879. The van der Waals surface area contributed by atoms with E-state index >= 15 is 0 Å². The maximum Gasteiger partial charge on any atom is 0.344 e. The number of rotatable bonds is 6. The molecule has 128 valence electrons. The number of hydrogen-bond donors (Lipinski definition) is 0. The van der Waals surface area contributed by atoms with Crippen LogP contribution < -0.4 is 4.74 Å². The van der Waals surface area contributed by atoms with Gasteiger partial charge in [0.2, 0.25) is 5.89 Å². The van der Waals surface area contributed by atoms with E-state index in [4.69, 9.17) is 25.5 Å². The molecule has 0 saturated heterocycles. The summed E-state index contributed by atoms with van der Waals surface area (Å²) in [4.78, 5) is 11.7. The van der Waals surface area contributed by atoms with Gasteiger partial charge in [-0.2, -0.15) is 0 Å². The predicted octanol–water partition coefficient (Wildman–Crippen LogP) is 3.82. The van der Waals surface area contributed by atoms with Gasteiger partial charge >= 0.3 is 5.97 Å². The Balaban J connectivity index is 1.51. The average Bonchev–Trinajstić information content (AvgIpc) is 3.07. The summed E-state index contributed by atoms with van der Waals surface area (Å²) in [7, 11) is 0. The molecule has 0 atom stereocenters. The SMILES string of the molecule is Cc1cccc(-c2nnc(COC(=O)COc3cccc(Cl)c3)o2)c1. The molecule has 0 aliphatic carbocycles. The van der Waals surface area contributed by atoms with Gasteiger partial charge in [0, 0.05) is 10.6 Å². The highest BCUT2D eigenvalue weighted by Crippen LogP contribution is 2.19. The second kappa shape index (κ2) is 7.81. The van der Waals surface area contributed by atoms with E-state index in [-0.39, 0.29) is 19.1 Å². The van der Waals surface area contributed by atoms with E-state index in [9.17, 15) is 4.79 Å². The van der Waals surface area contributed by atoms with Gasteiger partial charge in [-0.05, 0) is 37.3 Å². The number of benzene rings is 2. The summed E-state index contributed by atoms with van der Waals surface area (Å²) in [5, 5.41) is 8.35. The number of aromatic nitrogens is 2. The Kier molecular flexibility index (Phi) is 5.30. The van der Waals surface area contributed by atoms with Crippen molar-refractivity contribution in [2.24, 2.45) is 0 Å². The first-order chi connectivity index (χ1) is 12.1. The van der Waals surface area contributed by atoms with E-state index < -0.39 is 5.97 Å². The summed E-state index contributed by atoms with van der Waals surface area (Å²) < 4.78 is 15.9. The molecule has 1 aromatic heterocycles. The van der Waals surface area contributed by atoms with Gasteiger partial charge in [0.25, 0.3) is 5.89 Å². The zero-order chi connectivity index (χ0) is 17.6. The molecule has 0 fully saturated rings. The Morgan fingerprint density at radius 3 is 2.80 bits per heavy atom. The van der Waals surface area contributed by atoms with Crippen LogP contribution >= 0.6 is 11.6 Å². The van der Waals surface area contributed by atoms with Gasteiger partial charge in [-0.15, -0.1) is 10.2 Å². The number of carbonyl (C=O) groups excluding carboxylic acids is 1. The molecule has 0 saturated carbocycles. The van der Waals surface area contributed by atoms with Crippen LogP contribution in [0.15, 0.2) is 52.9 Å². The van der Waals surface area contributed by atoms with Crippen LogP contribution in [0.1, 0.15) is 11.5 Å². The molecule has 25 heavy (non-hydrogen) atoms. The summed E-state index contributed by atoms with van der Waals surface area (Å²) in [6.45, 7) is 1.62. The zero-order valence-electron chi connectivity index (χ0n) is 13.4.